The lowest BCUT2D eigenvalue weighted by molar-refractivity contribution is 0.0728. The molecule has 4 rings (SSSR count). The summed E-state index contributed by atoms with van der Waals surface area (Å²) in [5.74, 6) is 0.799. The zero-order chi connectivity index (χ0) is 18.1. The zero-order valence-electron chi connectivity index (χ0n) is 14.8. The third kappa shape index (κ3) is 3.13. The molecule has 0 bridgehead atoms. The standard InChI is InChI=1S/C18H21N7O/c1-23-6-8-24(9-7-23)17-10-13-12-25(5-4-15(13)21-22-17)18(26)16-3-2-14(11-19)20-16/h2-3,10,20H,4-9,12H2,1H3. The molecular formula is C18H21N7O. The number of amides is 1. The molecule has 0 aromatic carbocycles. The Labute approximate surface area is 152 Å². The van der Waals surface area contributed by atoms with E-state index in [-0.39, 0.29) is 5.91 Å². The number of H-pyrrole nitrogens is 1. The molecule has 8 heteroatoms. The quantitative estimate of drug-likeness (QED) is 0.853. The van der Waals surface area contributed by atoms with Crippen LogP contribution < -0.4 is 4.90 Å². The Hall–Kier alpha value is -2.92. The molecule has 26 heavy (non-hydrogen) atoms. The molecule has 1 fully saturated rings. The number of rotatable bonds is 2. The first-order valence-electron chi connectivity index (χ1n) is 8.81. The number of aromatic amines is 1. The highest BCUT2D eigenvalue weighted by Crippen LogP contribution is 2.22. The van der Waals surface area contributed by atoms with E-state index in [0.717, 1.165) is 43.3 Å². The molecule has 8 nitrogen and oxygen atoms in total. The first kappa shape index (κ1) is 16.5. The van der Waals surface area contributed by atoms with Gasteiger partial charge in [-0.3, -0.25) is 4.79 Å². The van der Waals surface area contributed by atoms with E-state index in [1.807, 2.05) is 6.07 Å². The van der Waals surface area contributed by atoms with Gasteiger partial charge in [0.1, 0.15) is 17.5 Å². The summed E-state index contributed by atoms with van der Waals surface area (Å²) in [6, 6.07) is 7.38. The van der Waals surface area contributed by atoms with Gasteiger partial charge in [-0.15, -0.1) is 5.10 Å². The van der Waals surface area contributed by atoms with Crippen LogP contribution in [0, 0.1) is 11.3 Å². The summed E-state index contributed by atoms with van der Waals surface area (Å²) in [7, 11) is 2.12. The van der Waals surface area contributed by atoms with Gasteiger partial charge in [0, 0.05) is 45.7 Å². The smallest absolute Gasteiger partial charge is 0.270 e. The van der Waals surface area contributed by atoms with Crippen LogP contribution in [0.25, 0.3) is 0 Å². The molecule has 2 aliphatic heterocycles. The van der Waals surface area contributed by atoms with Crippen LogP contribution in [0.4, 0.5) is 5.82 Å². The number of hydrogen-bond acceptors (Lipinski definition) is 6. The lowest BCUT2D eigenvalue weighted by Gasteiger charge is -2.34. The maximum atomic E-state index is 12.7. The van der Waals surface area contributed by atoms with Crippen LogP contribution in [0.15, 0.2) is 18.2 Å². The highest BCUT2D eigenvalue weighted by Gasteiger charge is 2.25. The predicted octanol–water partition coefficient (Wildman–Crippen LogP) is 0.627. The fourth-order valence-electron chi connectivity index (χ4n) is 3.44. The lowest BCUT2D eigenvalue weighted by atomic mass is 10.1. The van der Waals surface area contributed by atoms with Crippen molar-refractivity contribution < 1.29 is 4.79 Å². The number of aromatic nitrogens is 3. The van der Waals surface area contributed by atoms with E-state index < -0.39 is 0 Å². The number of anilines is 1. The molecule has 0 atom stereocenters. The molecule has 2 aliphatic rings. The Morgan fingerprint density at radius 3 is 2.73 bits per heavy atom. The van der Waals surface area contributed by atoms with Crippen molar-refractivity contribution in [2.75, 3.05) is 44.7 Å². The minimum absolute atomic E-state index is 0.0879. The van der Waals surface area contributed by atoms with E-state index in [9.17, 15) is 4.79 Å². The number of piperazine rings is 1. The summed E-state index contributed by atoms with van der Waals surface area (Å²) in [4.78, 5) is 21.9. The zero-order valence-corrected chi connectivity index (χ0v) is 14.8. The molecule has 0 aliphatic carbocycles. The molecule has 4 heterocycles. The van der Waals surface area contributed by atoms with Crippen molar-refractivity contribution in [3.63, 3.8) is 0 Å². The minimum Gasteiger partial charge on any atom is -0.353 e. The fraction of sp³-hybridized carbons (Fsp3) is 0.444. The van der Waals surface area contributed by atoms with Gasteiger partial charge in [0.2, 0.25) is 0 Å². The second-order valence-corrected chi connectivity index (χ2v) is 6.84. The Kier molecular flexibility index (Phi) is 4.31. The molecule has 134 valence electrons. The minimum atomic E-state index is -0.0879. The van der Waals surface area contributed by atoms with Gasteiger partial charge in [-0.25, -0.2) is 0 Å². The van der Waals surface area contributed by atoms with E-state index in [0.29, 0.717) is 30.9 Å². The number of fused-ring (bicyclic) bond motifs is 1. The monoisotopic (exact) mass is 351 g/mol. The molecule has 0 unspecified atom stereocenters. The Morgan fingerprint density at radius 1 is 1.19 bits per heavy atom. The normalized spacial score (nSPS) is 17.7. The summed E-state index contributed by atoms with van der Waals surface area (Å²) < 4.78 is 0. The number of likely N-dealkylation sites (N-methyl/N-ethyl adjacent to an activating group) is 1. The highest BCUT2D eigenvalue weighted by atomic mass is 16.2. The molecular weight excluding hydrogens is 330 g/mol. The van der Waals surface area contributed by atoms with Crippen molar-refractivity contribution in [2.45, 2.75) is 13.0 Å². The van der Waals surface area contributed by atoms with Crippen molar-refractivity contribution in [3.8, 4) is 6.07 Å². The van der Waals surface area contributed by atoms with E-state index >= 15 is 0 Å². The number of nitriles is 1. The number of carbonyl (C=O) groups excluding carboxylic acids is 1. The number of nitrogens with one attached hydrogen (secondary N) is 1. The van der Waals surface area contributed by atoms with E-state index in [1.165, 1.54) is 0 Å². The van der Waals surface area contributed by atoms with Gasteiger partial charge in [0.15, 0.2) is 5.82 Å². The Bertz CT molecular complexity index is 861. The third-order valence-corrected chi connectivity index (χ3v) is 5.08. The number of hydrogen-bond donors (Lipinski definition) is 1. The van der Waals surface area contributed by atoms with Crippen LogP contribution in [-0.2, 0) is 13.0 Å². The maximum Gasteiger partial charge on any atom is 0.270 e. The van der Waals surface area contributed by atoms with Crippen LogP contribution in [-0.4, -0.2) is 70.7 Å². The van der Waals surface area contributed by atoms with E-state index in [4.69, 9.17) is 5.26 Å². The molecule has 0 radical (unpaired) electrons. The van der Waals surface area contributed by atoms with Gasteiger partial charge in [-0.1, -0.05) is 0 Å². The fourth-order valence-corrected chi connectivity index (χ4v) is 3.44. The molecule has 2 aromatic rings. The largest absolute Gasteiger partial charge is 0.353 e. The summed E-state index contributed by atoms with van der Waals surface area (Å²) >= 11 is 0. The Balaban J connectivity index is 1.51. The van der Waals surface area contributed by atoms with Crippen LogP contribution in [0.1, 0.15) is 27.4 Å². The van der Waals surface area contributed by atoms with Crippen molar-refractivity contribution in [2.24, 2.45) is 0 Å². The van der Waals surface area contributed by atoms with Crippen LogP contribution in [0.3, 0.4) is 0 Å². The molecule has 0 spiro atoms. The van der Waals surface area contributed by atoms with Crippen molar-refractivity contribution in [1.82, 2.24) is 25.0 Å². The first-order valence-corrected chi connectivity index (χ1v) is 8.81. The molecule has 1 N–H and O–H groups in total. The summed E-state index contributed by atoms with van der Waals surface area (Å²) in [5.41, 5.74) is 2.87. The van der Waals surface area contributed by atoms with Crippen molar-refractivity contribution in [1.29, 1.82) is 5.26 Å². The van der Waals surface area contributed by atoms with E-state index in [1.54, 1.807) is 17.0 Å². The molecule has 1 saturated heterocycles. The molecule has 2 aromatic heterocycles. The average molecular weight is 351 g/mol. The summed E-state index contributed by atoms with van der Waals surface area (Å²) in [5, 5.41) is 17.7. The van der Waals surface area contributed by atoms with Crippen LogP contribution >= 0.6 is 0 Å². The van der Waals surface area contributed by atoms with Gasteiger partial charge in [-0.05, 0) is 30.8 Å². The van der Waals surface area contributed by atoms with Crippen molar-refractivity contribution in [3.05, 3.63) is 40.8 Å². The van der Waals surface area contributed by atoms with Crippen LogP contribution in [0.2, 0.25) is 0 Å². The van der Waals surface area contributed by atoms with Gasteiger partial charge >= 0.3 is 0 Å². The highest BCUT2D eigenvalue weighted by molar-refractivity contribution is 5.92. The SMILES string of the molecule is CN1CCN(c2cc3c(nn2)CCN(C(=O)c2ccc(C#N)[nH]2)C3)CC1. The van der Waals surface area contributed by atoms with Crippen LogP contribution in [0.5, 0.6) is 0 Å². The number of nitrogens with zero attached hydrogens (tertiary/aromatic N) is 6. The molecule has 0 saturated carbocycles. The maximum absolute atomic E-state index is 12.7. The topological polar surface area (TPSA) is 92.2 Å². The number of carbonyl (C=O) groups is 1. The summed E-state index contributed by atoms with van der Waals surface area (Å²) in [6.07, 6.45) is 0.697. The second kappa shape index (κ2) is 6.77. The molecule has 1 amide bonds. The first-order chi connectivity index (χ1) is 12.6. The second-order valence-electron chi connectivity index (χ2n) is 6.84. The predicted molar refractivity (Wildman–Crippen MR) is 95.7 cm³/mol. The average Bonchev–Trinajstić information content (AvgIpc) is 3.16. The Morgan fingerprint density at radius 2 is 2.00 bits per heavy atom. The van der Waals surface area contributed by atoms with Gasteiger partial charge in [0.25, 0.3) is 5.91 Å². The van der Waals surface area contributed by atoms with Gasteiger partial charge in [0.05, 0.1) is 5.69 Å². The van der Waals surface area contributed by atoms with E-state index in [2.05, 4.69) is 38.1 Å². The third-order valence-electron chi connectivity index (χ3n) is 5.08. The van der Waals surface area contributed by atoms with Gasteiger partial charge in [-0.2, -0.15) is 10.4 Å². The van der Waals surface area contributed by atoms with Gasteiger partial charge < -0.3 is 19.7 Å². The van der Waals surface area contributed by atoms with Crippen molar-refractivity contribution >= 4 is 11.7 Å². The summed E-state index contributed by atoms with van der Waals surface area (Å²) in [6.45, 7) is 5.02. The lowest BCUT2D eigenvalue weighted by Crippen LogP contribution is -2.45.